The quantitative estimate of drug-likeness (QED) is 0.789. The maximum atomic E-state index is 6.07. The van der Waals surface area contributed by atoms with Crippen LogP contribution in [0.1, 0.15) is 38.7 Å². The standard InChI is InChI=1S/C13H17NO2/c1-12(2,14)9-4-5-10-11(8-9)16-13(15-10)6-3-7-13/h4-5,8H,3,6-7,14H2,1-2H3. The second kappa shape index (κ2) is 2.92. The summed E-state index contributed by atoms with van der Waals surface area (Å²) in [5, 5.41) is 0. The van der Waals surface area contributed by atoms with Gasteiger partial charge < -0.3 is 15.2 Å². The van der Waals surface area contributed by atoms with Crippen molar-refractivity contribution in [2.45, 2.75) is 44.4 Å². The summed E-state index contributed by atoms with van der Waals surface area (Å²) < 4.78 is 11.7. The van der Waals surface area contributed by atoms with Crippen molar-refractivity contribution in [3.05, 3.63) is 23.8 Å². The molecule has 2 N–H and O–H groups in total. The number of nitrogens with two attached hydrogens (primary N) is 1. The molecule has 1 saturated carbocycles. The van der Waals surface area contributed by atoms with E-state index in [0.29, 0.717) is 0 Å². The maximum absolute atomic E-state index is 6.07. The number of hydrogen-bond acceptors (Lipinski definition) is 3. The van der Waals surface area contributed by atoms with E-state index in [9.17, 15) is 0 Å². The smallest absolute Gasteiger partial charge is 0.251 e. The minimum atomic E-state index is -0.348. The van der Waals surface area contributed by atoms with Gasteiger partial charge in [0.1, 0.15) is 0 Å². The number of ether oxygens (including phenoxy) is 2. The van der Waals surface area contributed by atoms with Gasteiger partial charge in [-0.05, 0) is 38.0 Å². The maximum Gasteiger partial charge on any atom is 0.251 e. The predicted octanol–water partition coefficient (Wildman–Crippen LogP) is 2.53. The summed E-state index contributed by atoms with van der Waals surface area (Å²) in [5.74, 6) is 1.35. The van der Waals surface area contributed by atoms with Crippen molar-refractivity contribution < 1.29 is 9.47 Å². The van der Waals surface area contributed by atoms with Crippen molar-refractivity contribution in [1.29, 1.82) is 0 Å². The second-order valence-corrected chi connectivity index (χ2v) is 5.35. The minimum Gasteiger partial charge on any atom is -0.448 e. The molecule has 3 heteroatoms. The molecule has 0 radical (unpaired) electrons. The molecule has 1 aromatic rings. The Morgan fingerprint density at radius 1 is 1.19 bits per heavy atom. The zero-order valence-electron chi connectivity index (χ0n) is 9.75. The van der Waals surface area contributed by atoms with Gasteiger partial charge in [0.05, 0.1) is 0 Å². The molecule has 0 atom stereocenters. The van der Waals surface area contributed by atoms with Gasteiger partial charge >= 0.3 is 0 Å². The Balaban J connectivity index is 1.94. The SMILES string of the molecule is CC(C)(N)c1ccc2c(c1)OC1(CCC1)O2. The molecule has 0 aromatic heterocycles. The molecule has 1 aliphatic heterocycles. The van der Waals surface area contributed by atoms with Gasteiger partial charge in [0.25, 0.3) is 5.79 Å². The first kappa shape index (κ1) is 9.97. The highest BCUT2D eigenvalue weighted by molar-refractivity contribution is 5.47. The molecular formula is C13H17NO2. The second-order valence-electron chi connectivity index (χ2n) is 5.35. The first-order chi connectivity index (χ1) is 7.49. The summed E-state index contributed by atoms with van der Waals surface area (Å²) in [7, 11) is 0. The summed E-state index contributed by atoms with van der Waals surface area (Å²) in [5.41, 5.74) is 6.80. The number of benzene rings is 1. The van der Waals surface area contributed by atoms with Crippen molar-refractivity contribution in [1.82, 2.24) is 0 Å². The van der Waals surface area contributed by atoms with Gasteiger partial charge in [0.15, 0.2) is 11.5 Å². The summed E-state index contributed by atoms with van der Waals surface area (Å²) in [6, 6.07) is 5.98. The molecule has 1 heterocycles. The Hall–Kier alpha value is -1.22. The first-order valence-electron chi connectivity index (χ1n) is 5.80. The van der Waals surface area contributed by atoms with E-state index in [2.05, 4.69) is 0 Å². The van der Waals surface area contributed by atoms with E-state index in [-0.39, 0.29) is 11.3 Å². The van der Waals surface area contributed by atoms with Crippen LogP contribution in [0.4, 0.5) is 0 Å². The molecule has 0 unspecified atom stereocenters. The number of hydrogen-bond donors (Lipinski definition) is 1. The largest absolute Gasteiger partial charge is 0.448 e. The van der Waals surface area contributed by atoms with E-state index in [0.717, 1.165) is 29.9 Å². The zero-order chi connectivity index (χ0) is 11.4. The lowest BCUT2D eigenvalue weighted by Crippen LogP contribution is -2.45. The van der Waals surface area contributed by atoms with E-state index in [1.165, 1.54) is 6.42 Å². The average Bonchev–Trinajstić information content (AvgIpc) is 2.53. The fraction of sp³-hybridized carbons (Fsp3) is 0.538. The molecule has 1 spiro atoms. The predicted molar refractivity (Wildman–Crippen MR) is 61.5 cm³/mol. The van der Waals surface area contributed by atoms with Gasteiger partial charge in [-0.1, -0.05) is 6.07 Å². The summed E-state index contributed by atoms with van der Waals surface area (Å²) in [6.07, 6.45) is 3.16. The van der Waals surface area contributed by atoms with E-state index < -0.39 is 0 Å². The van der Waals surface area contributed by atoms with E-state index in [1.54, 1.807) is 0 Å². The molecule has 0 amide bonds. The Morgan fingerprint density at radius 2 is 1.88 bits per heavy atom. The number of fused-ring (bicyclic) bond motifs is 1. The minimum absolute atomic E-state index is 0.340. The van der Waals surface area contributed by atoms with E-state index in [1.807, 2.05) is 32.0 Å². The van der Waals surface area contributed by atoms with Crippen LogP contribution in [0.15, 0.2) is 18.2 Å². The van der Waals surface area contributed by atoms with Crippen LogP contribution in [0.2, 0.25) is 0 Å². The lowest BCUT2D eigenvalue weighted by molar-refractivity contribution is -0.138. The van der Waals surface area contributed by atoms with Crippen LogP contribution < -0.4 is 15.2 Å². The Kier molecular flexibility index (Phi) is 1.82. The molecule has 86 valence electrons. The third-order valence-electron chi connectivity index (χ3n) is 3.40. The van der Waals surface area contributed by atoms with Gasteiger partial charge in [-0.15, -0.1) is 0 Å². The highest BCUT2D eigenvalue weighted by Gasteiger charge is 2.47. The topological polar surface area (TPSA) is 44.5 Å². The highest BCUT2D eigenvalue weighted by atomic mass is 16.7. The van der Waals surface area contributed by atoms with Crippen LogP contribution in [0.5, 0.6) is 11.5 Å². The molecule has 0 saturated heterocycles. The molecule has 1 aromatic carbocycles. The van der Waals surface area contributed by atoms with E-state index in [4.69, 9.17) is 15.2 Å². The zero-order valence-corrected chi connectivity index (χ0v) is 9.75. The molecular weight excluding hydrogens is 202 g/mol. The molecule has 1 aliphatic carbocycles. The van der Waals surface area contributed by atoms with Crippen molar-refractivity contribution >= 4 is 0 Å². The lowest BCUT2D eigenvalue weighted by atomic mass is 9.91. The molecule has 0 bridgehead atoms. The fourth-order valence-electron chi connectivity index (χ4n) is 2.16. The Morgan fingerprint density at radius 3 is 2.44 bits per heavy atom. The van der Waals surface area contributed by atoms with Crippen LogP contribution in [-0.4, -0.2) is 5.79 Å². The molecule has 2 aliphatic rings. The van der Waals surface area contributed by atoms with Gasteiger partial charge in [0, 0.05) is 18.4 Å². The monoisotopic (exact) mass is 219 g/mol. The van der Waals surface area contributed by atoms with Gasteiger partial charge in [-0.3, -0.25) is 0 Å². The molecule has 3 nitrogen and oxygen atoms in total. The van der Waals surface area contributed by atoms with Crippen LogP contribution in [0.3, 0.4) is 0 Å². The third-order valence-corrected chi connectivity index (χ3v) is 3.40. The summed E-state index contributed by atoms with van der Waals surface area (Å²) in [6.45, 7) is 3.98. The van der Waals surface area contributed by atoms with Crippen LogP contribution in [0.25, 0.3) is 0 Å². The van der Waals surface area contributed by atoms with Crippen molar-refractivity contribution in [3.8, 4) is 11.5 Å². The fourth-order valence-corrected chi connectivity index (χ4v) is 2.16. The van der Waals surface area contributed by atoms with Gasteiger partial charge in [0.2, 0.25) is 0 Å². The van der Waals surface area contributed by atoms with Crippen LogP contribution in [-0.2, 0) is 5.54 Å². The van der Waals surface area contributed by atoms with Crippen molar-refractivity contribution in [2.24, 2.45) is 5.73 Å². The van der Waals surface area contributed by atoms with Crippen LogP contribution in [0, 0.1) is 0 Å². The normalized spacial score (nSPS) is 20.9. The van der Waals surface area contributed by atoms with Crippen molar-refractivity contribution in [2.75, 3.05) is 0 Å². The van der Waals surface area contributed by atoms with Gasteiger partial charge in [-0.2, -0.15) is 0 Å². The molecule has 3 rings (SSSR count). The first-order valence-corrected chi connectivity index (χ1v) is 5.80. The Bertz CT molecular complexity index is 430. The summed E-state index contributed by atoms with van der Waals surface area (Å²) >= 11 is 0. The molecule has 1 fully saturated rings. The third kappa shape index (κ3) is 1.39. The Labute approximate surface area is 95.5 Å². The number of rotatable bonds is 1. The molecule has 16 heavy (non-hydrogen) atoms. The van der Waals surface area contributed by atoms with Crippen LogP contribution >= 0.6 is 0 Å². The highest BCUT2D eigenvalue weighted by Crippen LogP contribution is 2.48. The van der Waals surface area contributed by atoms with E-state index >= 15 is 0 Å². The average molecular weight is 219 g/mol. The van der Waals surface area contributed by atoms with Crippen molar-refractivity contribution in [3.63, 3.8) is 0 Å². The summed E-state index contributed by atoms with van der Waals surface area (Å²) in [4.78, 5) is 0. The lowest BCUT2D eigenvalue weighted by Gasteiger charge is -2.35. The van der Waals surface area contributed by atoms with Gasteiger partial charge in [-0.25, -0.2) is 0 Å².